The van der Waals surface area contributed by atoms with Crippen LogP contribution in [-0.4, -0.2) is 19.9 Å². The van der Waals surface area contributed by atoms with Gasteiger partial charge in [0.15, 0.2) is 17.5 Å². The lowest BCUT2D eigenvalue weighted by molar-refractivity contribution is 0.660. The van der Waals surface area contributed by atoms with Gasteiger partial charge in [0.1, 0.15) is 5.01 Å². The van der Waals surface area contributed by atoms with Crippen LogP contribution in [0.15, 0.2) is 146 Å². The Morgan fingerprint density at radius 1 is 0.417 bits per heavy atom. The molecule has 0 aliphatic heterocycles. The second-order valence-electron chi connectivity index (χ2n) is 12.7. The van der Waals surface area contributed by atoms with Gasteiger partial charge < -0.3 is 0 Å². The van der Waals surface area contributed by atoms with E-state index < -0.39 is 0 Å². The van der Waals surface area contributed by atoms with Gasteiger partial charge in [0.05, 0.1) is 10.2 Å². The van der Waals surface area contributed by atoms with E-state index in [0.29, 0.717) is 17.5 Å². The fourth-order valence-corrected chi connectivity index (χ4v) is 7.82. The maximum absolute atomic E-state index is 5.01. The largest absolute Gasteiger partial charge is 0.236 e. The van der Waals surface area contributed by atoms with Crippen molar-refractivity contribution in [2.24, 2.45) is 0 Å². The van der Waals surface area contributed by atoms with E-state index in [9.17, 15) is 0 Å². The third-order valence-electron chi connectivity index (χ3n) is 9.39. The Bertz CT molecular complexity index is 2410. The summed E-state index contributed by atoms with van der Waals surface area (Å²) in [5.41, 5.74) is 12.8. The number of hydrogen-bond donors (Lipinski definition) is 0. The molecule has 2 aromatic heterocycles. The maximum Gasteiger partial charge on any atom is 0.164 e. The zero-order valence-corrected chi connectivity index (χ0v) is 27.4. The van der Waals surface area contributed by atoms with Gasteiger partial charge in [0.2, 0.25) is 0 Å². The number of rotatable bonds is 5. The van der Waals surface area contributed by atoms with Crippen LogP contribution in [0.25, 0.3) is 77.2 Å². The quantitative estimate of drug-likeness (QED) is 0.189. The molecule has 1 aliphatic rings. The van der Waals surface area contributed by atoms with E-state index in [4.69, 9.17) is 19.9 Å². The van der Waals surface area contributed by atoms with Crippen molar-refractivity contribution < 1.29 is 0 Å². The average Bonchev–Trinajstić information content (AvgIpc) is 3.68. The molecule has 9 rings (SSSR count). The van der Waals surface area contributed by atoms with Gasteiger partial charge in [0.25, 0.3) is 0 Å². The summed E-state index contributed by atoms with van der Waals surface area (Å²) in [5.74, 6) is 1.95. The molecule has 5 heteroatoms. The smallest absolute Gasteiger partial charge is 0.164 e. The molecule has 0 spiro atoms. The Balaban J connectivity index is 1.04. The van der Waals surface area contributed by atoms with Crippen LogP contribution in [0.2, 0.25) is 0 Å². The summed E-state index contributed by atoms with van der Waals surface area (Å²) in [6.45, 7) is 4.66. The van der Waals surface area contributed by atoms with Gasteiger partial charge in [-0.3, -0.25) is 0 Å². The molecular weight excluding hydrogens is 605 g/mol. The molecule has 0 saturated carbocycles. The highest BCUT2D eigenvalue weighted by Gasteiger charge is 2.35. The number of benzene rings is 6. The van der Waals surface area contributed by atoms with Gasteiger partial charge in [-0.1, -0.05) is 135 Å². The van der Waals surface area contributed by atoms with E-state index in [-0.39, 0.29) is 5.41 Å². The van der Waals surface area contributed by atoms with Crippen molar-refractivity contribution in [3.63, 3.8) is 0 Å². The highest BCUT2D eigenvalue weighted by molar-refractivity contribution is 7.21. The summed E-state index contributed by atoms with van der Waals surface area (Å²) in [7, 11) is 0. The van der Waals surface area contributed by atoms with E-state index in [0.717, 1.165) is 37.5 Å². The van der Waals surface area contributed by atoms with Crippen LogP contribution in [0.3, 0.4) is 0 Å². The predicted octanol–water partition coefficient (Wildman–Crippen LogP) is 11.1. The van der Waals surface area contributed by atoms with E-state index in [1.165, 1.54) is 33.4 Å². The van der Waals surface area contributed by atoms with E-state index in [1.807, 2.05) is 60.7 Å². The second-order valence-corrected chi connectivity index (χ2v) is 13.8. The Hall–Kier alpha value is -5.78. The lowest BCUT2D eigenvalue weighted by atomic mass is 9.81. The molecule has 0 unspecified atom stereocenters. The molecule has 0 radical (unpaired) electrons. The van der Waals surface area contributed by atoms with Crippen LogP contribution in [0.1, 0.15) is 25.0 Å². The molecule has 0 N–H and O–H groups in total. The number of thiazole rings is 1. The second kappa shape index (κ2) is 11.2. The number of hydrogen-bond acceptors (Lipinski definition) is 5. The molecule has 48 heavy (non-hydrogen) atoms. The summed E-state index contributed by atoms with van der Waals surface area (Å²) >= 11 is 1.69. The van der Waals surface area contributed by atoms with Crippen molar-refractivity contribution >= 4 is 21.6 Å². The van der Waals surface area contributed by atoms with Crippen molar-refractivity contribution in [1.29, 1.82) is 0 Å². The normalized spacial score (nSPS) is 13.0. The Kier molecular flexibility index (Phi) is 6.63. The summed E-state index contributed by atoms with van der Waals surface area (Å²) in [6, 6.07) is 50.9. The maximum atomic E-state index is 5.01. The first-order chi connectivity index (χ1) is 23.5. The summed E-state index contributed by atoms with van der Waals surface area (Å²) in [6.07, 6.45) is 0. The molecule has 4 nitrogen and oxygen atoms in total. The molecular formula is C43H30N4S. The minimum absolute atomic E-state index is 0.0186. The van der Waals surface area contributed by atoms with E-state index in [2.05, 4.69) is 98.8 Å². The SMILES string of the molecule is CC1(C)c2ccccc2-c2ccc(-c3ccc(-c4nc5ccc(-c6nc(-c7ccccc7)nc(-c7ccccc7)n6)cc5s4)cc3)cc21. The van der Waals surface area contributed by atoms with Crippen molar-refractivity contribution in [3.05, 3.63) is 157 Å². The van der Waals surface area contributed by atoms with E-state index in [1.54, 1.807) is 11.3 Å². The lowest BCUT2D eigenvalue weighted by Crippen LogP contribution is -2.14. The first-order valence-electron chi connectivity index (χ1n) is 16.1. The topological polar surface area (TPSA) is 51.6 Å². The standard InChI is InChI=1S/C43H30N4S/c1-43(2)35-16-10-9-15-33(35)34-23-21-31(25-36(34)43)27-17-19-30(20-18-27)42-44-37-24-22-32(26-38(37)48-42)41-46-39(28-11-5-3-6-12-28)45-40(47-41)29-13-7-4-8-14-29/h3-26H,1-2H3. The Morgan fingerprint density at radius 3 is 1.65 bits per heavy atom. The molecule has 0 atom stereocenters. The molecule has 228 valence electrons. The molecule has 0 saturated heterocycles. The number of aromatic nitrogens is 4. The fraction of sp³-hybridized carbons (Fsp3) is 0.0698. The minimum Gasteiger partial charge on any atom is -0.236 e. The van der Waals surface area contributed by atoms with E-state index >= 15 is 0 Å². The van der Waals surface area contributed by atoms with Gasteiger partial charge >= 0.3 is 0 Å². The van der Waals surface area contributed by atoms with Gasteiger partial charge in [0, 0.05) is 27.7 Å². The molecule has 8 aromatic rings. The van der Waals surface area contributed by atoms with Crippen molar-refractivity contribution in [3.8, 4) is 67.0 Å². The molecule has 2 heterocycles. The monoisotopic (exact) mass is 634 g/mol. The number of fused-ring (bicyclic) bond motifs is 4. The van der Waals surface area contributed by atoms with Gasteiger partial charge in [-0.05, 0) is 57.6 Å². The predicted molar refractivity (Wildman–Crippen MR) is 198 cm³/mol. The highest BCUT2D eigenvalue weighted by Crippen LogP contribution is 2.49. The molecule has 0 amide bonds. The third-order valence-corrected chi connectivity index (χ3v) is 10.5. The zero-order valence-electron chi connectivity index (χ0n) is 26.6. The average molecular weight is 635 g/mol. The molecule has 0 bridgehead atoms. The molecule has 1 aliphatic carbocycles. The summed E-state index contributed by atoms with van der Waals surface area (Å²) < 4.78 is 1.09. The third kappa shape index (κ3) is 4.83. The highest BCUT2D eigenvalue weighted by atomic mass is 32.1. The first-order valence-corrected chi connectivity index (χ1v) is 17.0. The van der Waals surface area contributed by atoms with Crippen LogP contribution < -0.4 is 0 Å². The molecule has 0 fully saturated rings. The Labute approximate surface area is 283 Å². The molecule has 6 aromatic carbocycles. The fourth-order valence-electron chi connectivity index (χ4n) is 6.81. The van der Waals surface area contributed by atoms with Gasteiger partial charge in [-0.15, -0.1) is 11.3 Å². The van der Waals surface area contributed by atoms with Crippen molar-refractivity contribution in [2.45, 2.75) is 19.3 Å². The summed E-state index contributed by atoms with van der Waals surface area (Å²) in [4.78, 5) is 19.7. The zero-order chi connectivity index (χ0) is 32.2. The lowest BCUT2D eigenvalue weighted by Gasteiger charge is -2.22. The van der Waals surface area contributed by atoms with Crippen LogP contribution in [0.5, 0.6) is 0 Å². The minimum atomic E-state index is -0.0186. The number of nitrogens with zero attached hydrogens (tertiary/aromatic N) is 4. The van der Waals surface area contributed by atoms with Gasteiger partial charge in [-0.25, -0.2) is 19.9 Å². The van der Waals surface area contributed by atoms with Crippen molar-refractivity contribution in [1.82, 2.24) is 19.9 Å². The van der Waals surface area contributed by atoms with Crippen LogP contribution in [0.4, 0.5) is 0 Å². The van der Waals surface area contributed by atoms with Crippen LogP contribution in [-0.2, 0) is 5.41 Å². The van der Waals surface area contributed by atoms with Crippen LogP contribution >= 0.6 is 11.3 Å². The summed E-state index contributed by atoms with van der Waals surface area (Å²) in [5, 5.41) is 0.991. The Morgan fingerprint density at radius 2 is 0.958 bits per heavy atom. The van der Waals surface area contributed by atoms with Crippen LogP contribution in [0, 0.1) is 0 Å². The first kappa shape index (κ1) is 28.4. The van der Waals surface area contributed by atoms with Gasteiger partial charge in [-0.2, -0.15) is 0 Å². The van der Waals surface area contributed by atoms with Crippen molar-refractivity contribution in [2.75, 3.05) is 0 Å².